The number of carbonyl (C=O) groups is 1. The molecule has 4 heteroatoms. The molecule has 4 nitrogen and oxygen atoms in total. The number of carboxylic acid groups (broad SMARTS) is 1. The van der Waals surface area contributed by atoms with E-state index in [-0.39, 0.29) is 13.0 Å². The molecule has 0 aliphatic carbocycles. The fourth-order valence-corrected chi connectivity index (χ4v) is 1.66. The molecular formula is C12H16O4. The predicted octanol–water partition coefficient (Wildman–Crippen LogP) is 1.52. The third-order valence-corrected chi connectivity index (χ3v) is 2.63. The summed E-state index contributed by atoms with van der Waals surface area (Å²) in [6.07, 6.45) is 0.114. The second-order valence-electron chi connectivity index (χ2n) is 3.61. The first kappa shape index (κ1) is 12.7. The Morgan fingerprint density at radius 3 is 2.56 bits per heavy atom. The van der Waals surface area contributed by atoms with Gasteiger partial charge in [0.05, 0.1) is 6.61 Å². The van der Waals surface area contributed by atoms with Gasteiger partial charge in [0.25, 0.3) is 0 Å². The number of benzene rings is 1. The molecule has 0 amide bonds. The van der Waals surface area contributed by atoms with Crippen LogP contribution in [0, 0.1) is 0 Å². The molecule has 16 heavy (non-hydrogen) atoms. The van der Waals surface area contributed by atoms with Crippen molar-refractivity contribution in [2.45, 2.75) is 25.6 Å². The number of rotatable bonds is 5. The topological polar surface area (TPSA) is 66.8 Å². The molecule has 0 bridgehead atoms. The molecule has 2 N–H and O–H groups in total. The second-order valence-corrected chi connectivity index (χ2v) is 3.61. The van der Waals surface area contributed by atoms with E-state index in [0.717, 1.165) is 0 Å². The number of aliphatic hydroxyl groups is 1. The average Bonchev–Trinajstić information content (AvgIpc) is 2.29. The van der Waals surface area contributed by atoms with E-state index in [1.54, 1.807) is 31.2 Å². The van der Waals surface area contributed by atoms with Crippen LogP contribution in [0.4, 0.5) is 0 Å². The molecule has 0 aromatic heterocycles. The van der Waals surface area contributed by atoms with Gasteiger partial charge in [0.15, 0.2) is 5.60 Å². The third-order valence-electron chi connectivity index (χ3n) is 2.63. The minimum absolute atomic E-state index is 0.114. The number of hydrogen-bond acceptors (Lipinski definition) is 3. The van der Waals surface area contributed by atoms with Crippen molar-refractivity contribution in [3.63, 3.8) is 0 Å². The SMILES string of the molecule is CCC(O)(C(=O)O)c1ccccc1COC. The lowest BCUT2D eigenvalue weighted by Crippen LogP contribution is -2.35. The van der Waals surface area contributed by atoms with Crippen LogP contribution >= 0.6 is 0 Å². The quantitative estimate of drug-likeness (QED) is 0.795. The Hall–Kier alpha value is -1.39. The first-order valence-electron chi connectivity index (χ1n) is 5.09. The molecule has 0 aliphatic rings. The Bertz CT molecular complexity index is 375. The Kier molecular flexibility index (Phi) is 4.04. The van der Waals surface area contributed by atoms with Crippen LogP contribution in [0.15, 0.2) is 24.3 Å². The van der Waals surface area contributed by atoms with Crippen molar-refractivity contribution in [1.82, 2.24) is 0 Å². The first-order chi connectivity index (χ1) is 7.56. The van der Waals surface area contributed by atoms with Gasteiger partial charge in [0.1, 0.15) is 0 Å². The zero-order valence-corrected chi connectivity index (χ0v) is 9.43. The van der Waals surface area contributed by atoms with Gasteiger partial charge >= 0.3 is 5.97 Å². The smallest absolute Gasteiger partial charge is 0.340 e. The Morgan fingerprint density at radius 1 is 1.44 bits per heavy atom. The van der Waals surface area contributed by atoms with Gasteiger partial charge in [0.2, 0.25) is 0 Å². The van der Waals surface area contributed by atoms with E-state index < -0.39 is 11.6 Å². The Labute approximate surface area is 94.5 Å². The van der Waals surface area contributed by atoms with Gasteiger partial charge in [-0.25, -0.2) is 4.79 Å². The zero-order chi connectivity index (χ0) is 12.2. The number of aliphatic carboxylic acids is 1. The van der Waals surface area contributed by atoms with Crippen LogP contribution in [0.2, 0.25) is 0 Å². The second kappa shape index (κ2) is 5.09. The van der Waals surface area contributed by atoms with Crippen LogP contribution in [0.3, 0.4) is 0 Å². The van der Waals surface area contributed by atoms with Crippen molar-refractivity contribution in [2.24, 2.45) is 0 Å². The van der Waals surface area contributed by atoms with Gasteiger partial charge in [-0.3, -0.25) is 0 Å². The normalized spacial score (nSPS) is 14.4. The maximum Gasteiger partial charge on any atom is 0.340 e. The van der Waals surface area contributed by atoms with E-state index in [1.807, 2.05) is 0 Å². The maximum atomic E-state index is 11.1. The van der Waals surface area contributed by atoms with Gasteiger partial charge in [-0.1, -0.05) is 31.2 Å². The van der Waals surface area contributed by atoms with E-state index >= 15 is 0 Å². The number of ether oxygens (including phenoxy) is 1. The molecule has 0 saturated carbocycles. The number of hydrogen-bond donors (Lipinski definition) is 2. The van der Waals surface area contributed by atoms with Crippen molar-refractivity contribution in [3.8, 4) is 0 Å². The molecule has 1 atom stereocenters. The van der Waals surface area contributed by atoms with E-state index in [0.29, 0.717) is 11.1 Å². The van der Waals surface area contributed by atoms with Crippen molar-refractivity contribution in [2.75, 3.05) is 7.11 Å². The molecule has 1 aromatic rings. The fraction of sp³-hybridized carbons (Fsp3) is 0.417. The highest BCUT2D eigenvalue weighted by Crippen LogP contribution is 2.28. The van der Waals surface area contributed by atoms with Crippen LogP contribution in [0.5, 0.6) is 0 Å². The molecule has 0 aliphatic heterocycles. The Balaban J connectivity index is 3.24. The largest absolute Gasteiger partial charge is 0.479 e. The summed E-state index contributed by atoms with van der Waals surface area (Å²) >= 11 is 0. The van der Waals surface area contributed by atoms with E-state index in [2.05, 4.69) is 0 Å². The summed E-state index contributed by atoms with van der Waals surface area (Å²) in [7, 11) is 1.53. The lowest BCUT2D eigenvalue weighted by Gasteiger charge is -2.24. The average molecular weight is 224 g/mol. The van der Waals surface area contributed by atoms with E-state index in [1.165, 1.54) is 7.11 Å². The fourth-order valence-electron chi connectivity index (χ4n) is 1.66. The minimum Gasteiger partial charge on any atom is -0.479 e. The van der Waals surface area contributed by atoms with E-state index in [9.17, 15) is 9.90 Å². The monoisotopic (exact) mass is 224 g/mol. The lowest BCUT2D eigenvalue weighted by molar-refractivity contribution is -0.160. The van der Waals surface area contributed by atoms with Crippen molar-refractivity contribution in [3.05, 3.63) is 35.4 Å². The van der Waals surface area contributed by atoms with Crippen LogP contribution < -0.4 is 0 Å². The Morgan fingerprint density at radius 2 is 2.06 bits per heavy atom. The van der Waals surface area contributed by atoms with Crippen molar-refractivity contribution < 1.29 is 19.7 Å². The predicted molar refractivity (Wildman–Crippen MR) is 59.0 cm³/mol. The highest BCUT2D eigenvalue weighted by molar-refractivity contribution is 5.79. The van der Waals surface area contributed by atoms with Gasteiger partial charge in [-0.15, -0.1) is 0 Å². The standard InChI is InChI=1S/C12H16O4/c1-3-12(15,11(13)14)10-7-5-4-6-9(10)8-16-2/h4-7,15H,3,8H2,1-2H3,(H,13,14). The molecule has 0 heterocycles. The summed E-state index contributed by atoms with van der Waals surface area (Å²) in [6.45, 7) is 1.92. The molecule has 1 aromatic carbocycles. The van der Waals surface area contributed by atoms with Crippen molar-refractivity contribution >= 4 is 5.97 Å². The molecule has 0 saturated heterocycles. The number of carboxylic acids is 1. The zero-order valence-electron chi connectivity index (χ0n) is 9.43. The van der Waals surface area contributed by atoms with Crippen LogP contribution in [-0.4, -0.2) is 23.3 Å². The maximum absolute atomic E-state index is 11.1. The van der Waals surface area contributed by atoms with Gasteiger partial charge in [0, 0.05) is 12.7 Å². The summed E-state index contributed by atoms with van der Waals surface area (Å²) in [5, 5.41) is 19.2. The molecular weight excluding hydrogens is 208 g/mol. The van der Waals surface area contributed by atoms with Crippen LogP contribution in [0.25, 0.3) is 0 Å². The molecule has 1 unspecified atom stereocenters. The summed E-state index contributed by atoms with van der Waals surface area (Å²) < 4.78 is 4.98. The summed E-state index contributed by atoms with van der Waals surface area (Å²) in [5.74, 6) is -1.24. The molecule has 1 rings (SSSR count). The lowest BCUT2D eigenvalue weighted by atomic mass is 9.88. The molecule has 0 radical (unpaired) electrons. The van der Waals surface area contributed by atoms with Gasteiger partial charge in [-0.2, -0.15) is 0 Å². The molecule has 88 valence electrons. The van der Waals surface area contributed by atoms with Crippen LogP contribution in [-0.2, 0) is 21.7 Å². The molecule has 0 fully saturated rings. The van der Waals surface area contributed by atoms with Gasteiger partial charge in [-0.05, 0) is 12.0 Å². The molecule has 0 spiro atoms. The number of methoxy groups -OCH3 is 1. The first-order valence-corrected chi connectivity index (χ1v) is 5.09. The van der Waals surface area contributed by atoms with E-state index in [4.69, 9.17) is 9.84 Å². The minimum atomic E-state index is -1.84. The summed E-state index contributed by atoms with van der Waals surface area (Å²) in [4.78, 5) is 11.1. The van der Waals surface area contributed by atoms with Gasteiger partial charge < -0.3 is 14.9 Å². The third kappa shape index (κ3) is 2.23. The van der Waals surface area contributed by atoms with Crippen molar-refractivity contribution in [1.29, 1.82) is 0 Å². The van der Waals surface area contributed by atoms with Crippen LogP contribution in [0.1, 0.15) is 24.5 Å². The highest BCUT2D eigenvalue weighted by atomic mass is 16.5. The summed E-state index contributed by atoms with van der Waals surface area (Å²) in [6, 6.07) is 6.86. The highest BCUT2D eigenvalue weighted by Gasteiger charge is 2.37. The summed E-state index contributed by atoms with van der Waals surface area (Å²) in [5.41, 5.74) is -0.752.